The highest BCUT2D eigenvalue weighted by Gasteiger charge is 2.22. The molecule has 4 nitrogen and oxygen atoms in total. The van der Waals surface area contributed by atoms with E-state index in [1.54, 1.807) is 6.92 Å². The van der Waals surface area contributed by atoms with Gasteiger partial charge in [-0.15, -0.1) is 0 Å². The van der Waals surface area contributed by atoms with E-state index in [1.165, 1.54) is 22.9 Å². The summed E-state index contributed by atoms with van der Waals surface area (Å²) in [5.74, 6) is 0.663. The van der Waals surface area contributed by atoms with Gasteiger partial charge in [-0.1, -0.05) is 12.1 Å². The summed E-state index contributed by atoms with van der Waals surface area (Å²) in [4.78, 5) is 13.5. The molecule has 1 aromatic carbocycles. The van der Waals surface area contributed by atoms with Crippen LogP contribution in [0.5, 0.6) is 0 Å². The van der Waals surface area contributed by atoms with Crippen LogP contribution >= 0.6 is 0 Å². The van der Waals surface area contributed by atoms with Crippen molar-refractivity contribution >= 4 is 16.8 Å². The first-order chi connectivity index (χ1) is 10.7. The molecule has 0 spiro atoms. The van der Waals surface area contributed by atoms with Crippen LogP contribution in [0.4, 0.5) is 0 Å². The van der Waals surface area contributed by atoms with Crippen molar-refractivity contribution < 1.29 is 4.79 Å². The molecule has 0 radical (unpaired) electrons. The average molecular weight is 299 g/mol. The minimum absolute atomic E-state index is 0.0734. The van der Waals surface area contributed by atoms with E-state index in [9.17, 15) is 4.79 Å². The fourth-order valence-electron chi connectivity index (χ4n) is 3.37. The van der Waals surface area contributed by atoms with E-state index >= 15 is 0 Å². The van der Waals surface area contributed by atoms with Crippen LogP contribution in [0.25, 0.3) is 10.9 Å². The average Bonchev–Trinajstić information content (AvgIpc) is 3.11. The van der Waals surface area contributed by atoms with E-state index in [0.717, 1.165) is 32.7 Å². The summed E-state index contributed by atoms with van der Waals surface area (Å²) in [6, 6.07) is 8.97. The molecule has 4 heteroatoms. The summed E-state index contributed by atoms with van der Waals surface area (Å²) in [6.45, 7) is 8.79. The monoisotopic (exact) mass is 299 g/mol. The quantitative estimate of drug-likeness (QED) is 0.921. The summed E-state index contributed by atoms with van der Waals surface area (Å²) in [5, 5.41) is 4.25. The second kappa shape index (κ2) is 6.53. The highest BCUT2D eigenvalue weighted by molar-refractivity contribution is 5.80. The predicted molar refractivity (Wildman–Crippen MR) is 89.7 cm³/mol. The molecule has 1 aromatic heterocycles. The lowest BCUT2D eigenvalue weighted by atomic mass is 10.1. The number of fused-ring (bicyclic) bond motifs is 1. The number of aromatic nitrogens is 1. The zero-order chi connectivity index (χ0) is 15.5. The van der Waals surface area contributed by atoms with Gasteiger partial charge in [-0.05, 0) is 48.9 Å². The first kappa shape index (κ1) is 15.1. The van der Waals surface area contributed by atoms with E-state index in [2.05, 4.69) is 52.2 Å². The lowest BCUT2D eigenvalue weighted by Gasteiger charge is -2.16. The van der Waals surface area contributed by atoms with Crippen molar-refractivity contribution in [3.8, 4) is 0 Å². The van der Waals surface area contributed by atoms with E-state index < -0.39 is 0 Å². The van der Waals surface area contributed by atoms with Gasteiger partial charge < -0.3 is 9.88 Å². The zero-order valence-electron chi connectivity index (χ0n) is 13.5. The van der Waals surface area contributed by atoms with E-state index in [1.807, 2.05) is 0 Å². The van der Waals surface area contributed by atoms with Gasteiger partial charge in [-0.2, -0.15) is 0 Å². The molecule has 0 bridgehead atoms. The van der Waals surface area contributed by atoms with E-state index in [4.69, 9.17) is 0 Å². The van der Waals surface area contributed by atoms with Gasteiger partial charge in [0.25, 0.3) is 0 Å². The lowest BCUT2D eigenvalue weighted by molar-refractivity contribution is -0.119. The fraction of sp³-hybridized carbons (Fsp3) is 0.500. The van der Waals surface area contributed by atoms with Gasteiger partial charge in [0.1, 0.15) is 0 Å². The summed E-state index contributed by atoms with van der Waals surface area (Å²) in [7, 11) is 0. The van der Waals surface area contributed by atoms with Crippen molar-refractivity contribution in [1.82, 2.24) is 14.8 Å². The fourth-order valence-corrected chi connectivity index (χ4v) is 3.37. The number of nitrogens with one attached hydrogen (secondary N) is 1. The third-order valence-electron chi connectivity index (χ3n) is 4.59. The highest BCUT2D eigenvalue weighted by atomic mass is 16.1. The third kappa shape index (κ3) is 3.33. The number of hydrogen-bond acceptors (Lipinski definition) is 2. The van der Waals surface area contributed by atoms with Crippen molar-refractivity contribution in [3.63, 3.8) is 0 Å². The second-order valence-electron chi connectivity index (χ2n) is 6.32. The molecule has 22 heavy (non-hydrogen) atoms. The maximum Gasteiger partial charge on any atom is 0.216 e. The summed E-state index contributed by atoms with van der Waals surface area (Å²) in [6.07, 6.45) is 3.33. The van der Waals surface area contributed by atoms with Crippen molar-refractivity contribution in [3.05, 3.63) is 36.0 Å². The van der Waals surface area contributed by atoms with Crippen LogP contribution in [0.1, 0.15) is 25.8 Å². The van der Waals surface area contributed by atoms with Crippen LogP contribution in [0, 0.1) is 5.92 Å². The van der Waals surface area contributed by atoms with Gasteiger partial charge in [0, 0.05) is 44.8 Å². The van der Waals surface area contributed by atoms with Crippen molar-refractivity contribution in [2.45, 2.75) is 33.4 Å². The van der Waals surface area contributed by atoms with Crippen LogP contribution < -0.4 is 5.32 Å². The molecule has 118 valence electrons. The molecule has 1 atom stereocenters. The van der Waals surface area contributed by atoms with Gasteiger partial charge in [-0.3, -0.25) is 9.69 Å². The van der Waals surface area contributed by atoms with Gasteiger partial charge >= 0.3 is 0 Å². The Balaban J connectivity index is 1.62. The number of carbonyl (C=O) groups excluding carboxylic acids is 1. The van der Waals surface area contributed by atoms with Gasteiger partial charge in [0.2, 0.25) is 5.91 Å². The van der Waals surface area contributed by atoms with Crippen molar-refractivity contribution in [1.29, 1.82) is 0 Å². The molecule has 0 unspecified atom stereocenters. The molecular weight excluding hydrogens is 274 g/mol. The number of aryl methyl sites for hydroxylation is 1. The van der Waals surface area contributed by atoms with E-state index in [-0.39, 0.29) is 5.91 Å². The topological polar surface area (TPSA) is 37.3 Å². The van der Waals surface area contributed by atoms with Gasteiger partial charge in [0.15, 0.2) is 0 Å². The smallest absolute Gasteiger partial charge is 0.216 e. The molecular formula is C18H25N3O. The standard InChI is InChI=1S/C18H25N3O/c1-3-21-9-7-17-5-4-15(10-18(17)21)12-20-8-6-16(13-20)11-19-14(2)22/h4-5,7,9-10,16H,3,6,8,11-13H2,1-2H3,(H,19,22)/t16-/m1/s1. The Kier molecular flexibility index (Phi) is 4.48. The normalized spacial score (nSPS) is 18.9. The van der Waals surface area contributed by atoms with Crippen LogP contribution in [0.2, 0.25) is 0 Å². The largest absolute Gasteiger partial charge is 0.356 e. The number of carbonyl (C=O) groups is 1. The Morgan fingerprint density at radius 3 is 3.00 bits per heavy atom. The van der Waals surface area contributed by atoms with Crippen molar-refractivity contribution in [2.75, 3.05) is 19.6 Å². The first-order valence-corrected chi connectivity index (χ1v) is 8.20. The number of amides is 1. The maximum atomic E-state index is 11.0. The molecule has 1 amide bonds. The van der Waals surface area contributed by atoms with Gasteiger partial charge in [-0.25, -0.2) is 0 Å². The molecule has 3 rings (SSSR count). The summed E-state index contributed by atoms with van der Waals surface area (Å²) < 4.78 is 2.29. The SMILES string of the molecule is CCn1ccc2ccc(CN3CC[C@H](CNC(C)=O)C3)cc21. The van der Waals surface area contributed by atoms with Gasteiger partial charge in [0.05, 0.1) is 0 Å². The Labute approximate surface area is 132 Å². The molecule has 0 aliphatic carbocycles. The molecule has 1 aliphatic heterocycles. The van der Waals surface area contributed by atoms with E-state index in [0.29, 0.717) is 5.92 Å². The number of rotatable bonds is 5. The number of benzene rings is 1. The van der Waals surface area contributed by atoms with Crippen LogP contribution in [0.3, 0.4) is 0 Å². The molecule has 1 N–H and O–H groups in total. The maximum absolute atomic E-state index is 11.0. The Morgan fingerprint density at radius 2 is 2.23 bits per heavy atom. The predicted octanol–water partition coefficient (Wildman–Crippen LogP) is 2.62. The highest BCUT2D eigenvalue weighted by Crippen LogP contribution is 2.22. The summed E-state index contributed by atoms with van der Waals surface area (Å²) in [5.41, 5.74) is 2.70. The Morgan fingerprint density at radius 1 is 1.36 bits per heavy atom. The molecule has 1 saturated heterocycles. The molecule has 2 aromatic rings. The van der Waals surface area contributed by atoms with Crippen LogP contribution in [-0.2, 0) is 17.9 Å². The van der Waals surface area contributed by atoms with Crippen LogP contribution in [0.15, 0.2) is 30.5 Å². The lowest BCUT2D eigenvalue weighted by Crippen LogP contribution is -2.29. The number of nitrogens with zero attached hydrogens (tertiary/aromatic N) is 2. The number of likely N-dealkylation sites (tertiary alicyclic amines) is 1. The minimum Gasteiger partial charge on any atom is -0.356 e. The Bertz CT molecular complexity index is 661. The minimum atomic E-state index is 0.0734. The molecule has 2 heterocycles. The number of hydrogen-bond donors (Lipinski definition) is 1. The molecule has 1 fully saturated rings. The molecule has 0 saturated carbocycles. The second-order valence-corrected chi connectivity index (χ2v) is 6.32. The van der Waals surface area contributed by atoms with Crippen LogP contribution in [-0.4, -0.2) is 35.0 Å². The zero-order valence-corrected chi connectivity index (χ0v) is 13.5. The third-order valence-corrected chi connectivity index (χ3v) is 4.59. The first-order valence-electron chi connectivity index (χ1n) is 8.20. The molecule has 1 aliphatic rings. The van der Waals surface area contributed by atoms with Crippen molar-refractivity contribution in [2.24, 2.45) is 5.92 Å². The summed E-state index contributed by atoms with van der Waals surface area (Å²) >= 11 is 0. The Hall–Kier alpha value is -1.81.